The zero-order valence-electron chi connectivity index (χ0n) is 11.8. The van der Waals surface area contributed by atoms with Crippen molar-refractivity contribution in [1.82, 2.24) is 9.58 Å². The number of carbonyl (C=O) groups is 1. The fraction of sp³-hybridized carbons (Fsp3) is 0.286. The number of likely N-dealkylation sites (N-methyl/N-ethyl adjacent to an activating group) is 1. The maximum Gasteiger partial charge on any atom is 0.283 e. The predicted octanol–water partition coefficient (Wildman–Crippen LogP) is 0.770. The Morgan fingerprint density at radius 2 is 2.20 bits per heavy atom. The van der Waals surface area contributed by atoms with Crippen LogP contribution in [0.4, 0.5) is 11.4 Å². The van der Waals surface area contributed by atoms with Crippen LogP contribution in [0.5, 0.6) is 0 Å². The first-order valence-electron chi connectivity index (χ1n) is 6.52. The second-order valence-electron chi connectivity index (χ2n) is 4.59. The molecule has 1 heterocycles. The monoisotopic (exact) mass is 274 g/mol. The first-order chi connectivity index (χ1) is 9.60. The zero-order valence-corrected chi connectivity index (χ0v) is 11.8. The lowest BCUT2D eigenvalue weighted by molar-refractivity contribution is -0.671. The molecule has 0 radical (unpaired) electrons. The number of benzene rings is 1. The van der Waals surface area contributed by atoms with Crippen molar-refractivity contribution in [3.8, 4) is 0 Å². The molecule has 1 aromatic carbocycles. The number of nitrogens with zero attached hydrogens (tertiary/aromatic N) is 3. The second kappa shape index (κ2) is 6.10. The number of aromatic nitrogens is 2. The third-order valence-corrected chi connectivity index (χ3v) is 2.98. The Labute approximate surface area is 118 Å². The van der Waals surface area contributed by atoms with Crippen LogP contribution in [0.15, 0.2) is 43.0 Å². The van der Waals surface area contributed by atoms with E-state index in [1.54, 1.807) is 11.1 Å². The highest BCUT2D eigenvalue weighted by Gasteiger charge is 2.16. The highest BCUT2D eigenvalue weighted by molar-refractivity contribution is 5.78. The van der Waals surface area contributed by atoms with E-state index >= 15 is 0 Å². The molecule has 2 rings (SSSR count). The molecule has 0 atom stereocenters. The normalized spacial score (nSPS) is 10.3. The van der Waals surface area contributed by atoms with E-state index in [1.807, 2.05) is 60.0 Å². The van der Waals surface area contributed by atoms with Gasteiger partial charge in [-0.2, -0.15) is 0 Å². The third kappa shape index (κ3) is 3.28. The van der Waals surface area contributed by atoms with Gasteiger partial charge in [0.1, 0.15) is 12.4 Å². The van der Waals surface area contributed by atoms with Gasteiger partial charge in [-0.3, -0.25) is 15.2 Å². The lowest BCUT2D eigenvalue weighted by Gasteiger charge is -2.22. The van der Waals surface area contributed by atoms with E-state index in [1.165, 1.54) is 0 Å². The highest BCUT2D eigenvalue weighted by Crippen LogP contribution is 2.17. The maximum atomic E-state index is 12.3. The molecule has 106 valence electrons. The van der Waals surface area contributed by atoms with Crippen LogP contribution in [0.1, 0.15) is 6.92 Å². The number of hydrogen-bond acceptors (Lipinski definition) is 3. The Hall–Kier alpha value is -2.50. The summed E-state index contributed by atoms with van der Waals surface area (Å²) in [5, 5.41) is 1.56. The number of para-hydroxylation sites is 2. The Balaban J connectivity index is 2.04. The van der Waals surface area contributed by atoms with Gasteiger partial charge in [0.2, 0.25) is 6.33 Å². The van der Waals surface area contributed by atoms with Crippen LogP contribution in [0, 0.1) is 0 Å². The zero-order chi connectivity index (χ0) is 14.5. The SMILES string of the molecule is CCN(Nc1ccccc1N)C(=O)Cn1cc[n+](C)c1. The summed E-state index contributed by atoms with van der Waals surface area (Å²) < 4.78 is 3.73. The summed E-state index contributed by atoms with van der Waals surface area (Å²) in [7, 11) is 1.92. The molecule has 6 heteroatoms. The van der Waals surface area contributed by atoms with Gasteiger partial charge in [0.25, 0.3) is 5.91 Å². The summed E-state index contributed by atoms with van der Waals surface area (Å²) in [6.07, 6.45) is 5.62. The van der Waals surface area contributed by atoms with E-state index in [0.29, 0.717) is 12.2 Å². The Kier molecular flexibility index (Phi) is 4.24. The van der Waals surface area contributed by atoms with Crippen molar-refractivity contribution in [2.24, 2.45) is 7.05 Å². The minimum Gasteiger partial charge on any atom is -0.397 e. The van der Waals surface area contributed by atoms with E-state index in [2.05, 4.69) is 5.43 Å². The molecule has 0 fully saturated rings. The summed E-state index contributed by atoms with van der Waals surface area (Å²) in [5.41, 5.74) is 10.3. The maximum absolute atomic E-state index is 12.3. The number of hydrazine groups is 1. The lowest BCUT2D eigenvalue weighted by atomic mass is 10.3. The molecule has 3 N–H and O–H groups in total. The predicted molar refractivity (Wildman–Crippen MR) is 77.5 cm³/mol. The number of rotatable bonds is 5. The number of nitrogen functional groups attached to an aromatic ring is 1. The molecule has 6 nitrogen and oxygen atoms in total. The van der Waals surface area contributed by atoms with Crippen LogP contribution in [-0.4, -0.2) is 22.0 Å². The Morgan fingerprint density at radius 3 is 2.80 bits per heavy atom. The summed E-state index contributed by atoms with van der Waals surface area (Å²) >= 11 is 0. The molecule has 0 aliphatic heterocycles. The standard InChI is InChI=1S/C14H20N5O/c1-3-19(16-13-7-5-4-6-12(13)15)14(20)10-18-9-8-17(2)11-18/h4-9,11,16H,3,10,15H2,1-2H3/q+1. The van der Waals surface area contributed by atoms with Gasteiger partial charge in [-0.25, -0.2) is 9.13 Å². The molecular weight excluding hydrogens is 254 g/mol. The van der Waals surface area contributed by atoms with E-state index in [9.17, 15) is 4.79 Å². The van der Waals surface area contributed by atoms with Crippen LogP contribution in [0.25, 0.3) is 0 Å². The number of hydrogen-bond donors (Lipinski definition) is 2. The number of amides is 1. The lowest BCUT2D eigenvalue weighted by Crippen LogP contribution is -2.38. The van der Waals surface area contributed by atoms with Crippen molar-refractivity contribution in [2.75, 3.05) is 17.7 Å². The van der Waals surface area contributed by atoms with Crippen molar-refractivity contribution < 1.29 is 9.36 Å². The number of carbonyl (C=O) groups excluding carboxylic acids is 1. The number of nitrogens with two attached hydrogens (primary N) is 1. The molecule has 1 amide bonds. The van der Waals surface area contributed by atoms with Gasteiger partial charge in [-0.15, -0.1) is 0 Å². The molecule has 0 bridgehead atoms. The minimum atomic E-state index is -0.0213. The van der Waals surface area contributed by atoms with Gasteiger partial charge in [0.15, 0.2) is 6.54 Å². The third-order valence-electron chi connectivity index (χ3n) is 2.98. The van der Waals surface area contributed by atoms with E-state index in [-0.39, 0.29) is 12.5 Å². The van der Waals surface area contributed by atoms with E-state index in [4.69, 9.17) is 5.73 Å². The van der Waals surface area contributed by atoms with Crippen LogP contribution in [0.2, 0.25) is 0 Å². The molecule has 0 saturated heterocycles. The molecule has 0 aliphatic rings. The minimum absolute atomic E-state index is 0.0213. The summed E-state index contributed by atoms with van der Waals surface area (Å²) in [6.45, 7) is 2.76. The van der Waals surface area contributed by atoms with Crippen LogP contribution in [0.3, 0.4) is 0 Å². The quantitative estimate of drug-likeness (QED) is 0.481. The topological polar surface area (TPSA) is 67.2 Å². The average molecular weight is 274 g/mol. The van der Waals surface area contributed by atoms with Gasteiger partial charge in [-0.1, -0.05) is 12.1 Å². The number of aryl methyl sites for hydroxylation is 1. The van der Waals surface area contributed by atoms with E-state index < -0.39 is 0 Å². The van der Waals surface area contributed by atoms with E-state index in [0.717, 1.165) is 5.69 Å². The van der Waals surface area contributed by atoms with Crippen LogP contribution in [-0.2, 0) is 18.4 Å². The average Bonchev–Trinajstić information content (AvgIpc) is 2.83. The summed E-state index contributed by atoms with van der Waals surface area (Å²) in [4.78, 5) is 12.3. The van der Waals surface area contributed by atoms with Gasteiger partial charge in [0, 0.05) is 6.54 Å². The first-order valence-corrected chi connectivity index (χ1v) is 6.52. The summed E-state index contributed by atoms with van der Waals surface area (Å²) in [6, 6.07) is 7.38. The number of imidazole rings is 1. The molecule has 0 spiro atoms. The fourth-order valence-corrected chi connectivity index (χ4v) is 1.90. The van der Waals surface area contributed by atoms with Crippen molar-refractivity contribution in [3.05, 3.63) is 43.0 Å². The Bertz CT molecular complexity index is 593. The van der Waals surface area contributed by atoms with Crippen LogP contribution >= 0.6 is 0 Å². The molecule has 20 heavy (non-hydrogen) atoms. The molecule has 0 aliphatic carbocycles. The number of nitrogens with one attached hydrogen (secondary N) is 1. The summed E-state index contributed by atoms with van der Waals surface area (Å²) in [5.74, 6) is -0.0213. The van der Waals surface area contributed by atoms with Crippen LogP contribution < -0.4 is 15.7 Å². The van der Waals surface area contributed by atoms with Gasteiger partial charge >= 0.3 is 0 Å². The van der Waals surface area contributed by atoms with Gasteiger partial charge in [0.05, 0.1) is 18.4 Å². The fourth-order valence-electron chi connectivity index (χ4n) is 1.90. The van der Waals surface area contributed by atoms with Crippen molar-refractivity contribution in [1.29, 1.82) is 0 Å². The van der Waals surface area contributed by atoms with Crippen molar-refractivity contribution >= 4 is 17.3 Å². The smallest absolute Gasteiger partial charge is 0.283 e. The first kappa shape index (κ1) is 13.9. The van der Waals surface area contributed by atoms with Crippen molar-refractivity contribution in [3.63, 3.8) is 0 Å². The Morgan fingerprint density at radius 1 is 1.45 bits per heavy atom. The van der Waals surface area contributed by atoms with Crippen molar-refractivity contribution in [2.45, 2.75) is 13.5 Å². The molecular formula is C14H20N5O+. The molecule has 2 aromatic rings. The molecule has 1 aromatic heterocycles. The second-order valence-corrected chi connectivity index (χ2v) is 4.59. The van der Waals surface area contributed by atoms with Gasteiger partial charge in [-0.05, 0) is 19.1 Å². The number of anilines is 2. The largest absolute Gasteiger partial charge is 0.397 e. The highest BCUT2D eigenvalue weighted by atomic mass is 16.2. The molecule has 0 unspecified atom stereocenters. The molecule has 0 saturated carbocycles. The van der Waals surface area contributed by atoms with Gasteiger partial charge < -0.3 is 5.73 Å².